The summed E-state index contributed by atoms with van der Waals surface area (Å²) < 4.78 is 5.11. The molecule has 3 N–H and O–H groups in total. The number of amides is 2. The van der Waals surface area contributed by atoms with Crippen LogP contribution in [-0.4, -0.2) is 62.0 Å². The number of fused-ring (bicyclic) bond motifs is 1. The van der Waals surface area contributed by atoms with Gasteiger partial charge in [-0.25, -0.2) is 9.90 Å². The molecule has 2 heterocycles. The molecule has 2 saturated heterocycles. The Labute approximate surface area is 130 Å². The Morgan fingerprint density at radius 1 is 1.19 bits per heavy atom. The van der Waals surface area contributed by atoms with Gasteiger partial charge in [0, 0.05) is 17.5 Å². The van der Waals surface area contributed by atoms with Crippen molar-refractivity contribution < 1.29 is 14.6 Å². The molecule has 0 aromatic heterocycles. The molecule has 7 heteroatoms. The van der Waals surface area contributed by atoms with Crippen molar-refractivity contribution in [3.63, 3.8) is 0 Å². The van der Waals surface area contributed by atoms with Crippen molar-refractivity contribution in [3.05, 3.63) is 0 Å². The van der Waals surface area contributed by atoms with Crippen molar-refractivity contribution >= 4 is 17.8 Å². The quantitative estimate of drug-likeness (QED) is 0.388. The van der Waals surface area contributed by atoms with Gasteiger partial charge in [0.15, 0.2) is 0 Å². The van der Waals surface area contributed by atoms with Crippen LogP contribution in [0, 0.1) is 0 Å². The van der Waals surface area contributed by atoms with Gasteiger partial charge in [-0.1, -0.05) is 12.8 Å². The zero-order valence-electron chi connectivity index (χ0n) is 12.4. The molecule has 121 valence electrons. The van der Waals surface area contributed by atoms with Gasteiger partial charge in [-0.2, -0.15) is 11.8 Å². The van der Waals surface area contributed by atoms with E-state index in [2.05, 4.69) is 16.0 Å². The van der Waals surface area contributed by atoms with Gasteiger partial charge in [0.05, 0.1) is 25.3 Å². The van der Waals surface area contributed by atoms with Crippen LogP contribution in [0.2, 0.25) is 0 Å². The third kappa shape index (κ3) is 5.65. The fraction of sp³-hybridized carbons (Fsp3) is 0.929. The molecule has 2 rings (SSSR count). The summed E-state index contributed by atoms with van der Waals surface area (Å²) in [5, 5.41) is 20.1. The topological polar surface area (TPSA) is 82.3 Å². The molecule has 21 heavy (non-hydrogen) atoms. The van der Waals surface area contributed by atoms with Crippen molar-refractivity contribution in [2.24, 2.45) is 0 Å². The first kappa shape index (κ1) is 16.9. The zero-order chi connectivity index (χ0) is 14.9. The number of unbranched alkanes of at least 4 members (excludes halogenated alkanes) is 2. The van der Waals surface area contributed by atoms with E-state index in [0.717, 1.165) is 25.3 Å². The molecule has 2 fully saturated rings. The summed E-state index contributed by atoms with van der Waals surface area (Å²) in [5.74, 6) is 1.04. The summed E-state index contributed by atoms with van der Waals surface area (Å²) in [6, 6.07) is 0.667. The summed E-state index contributed by atoms with van der Waals surface area (Å²) in [5.41, 5.74) is 0. The van der Waals surface area contributed by atoms with Gasteiger partial charge in [0.25, 0.3) is 0 Å². The lowest BCUT2D eigenvalue weighted by Gasteiger charge is -2.16. The van der Waals surface area contributed by atoms with Crippen molar-refractivity contribution in [2.75, 3.05) is 38.7 Å². The van der Waals surface area contributed by atoms with E-state index in [-0.39, 0.29) is 12.6 Å². The predicted octanol–water partition coefficient (Wildman–Crippen LogP) is 0.749. The average Bonchev–Trinajstić information content (AvgIpc) is 3.01. The minimum absolute atomic E-state index is 0.00121. The second kappa shape index (κ2) is 9.50. The van der Waals surface area contributed by atoms with Gasteiger partial charge in [0.1, 0.15) is 6.61 Å². The number of carbonyl (C=O) groups is 1. The van der Waals surface area contributed by atoms with E-state index < -0.39 is 0 Å². The normalized spacial score (nSPS) is 27.5. The Bertz CT molecular complexity index is 320. The molecule has 1 radical (unpaired) electrons. The SMILES string of the molecule is [O]CCOCCNCCCCC[C@@H]1SC[C@@H]2NC(=O)N[C@@H]21. The van der Waals surface area contributed by atoms with E-state index in [4.69, 9.17) is 4.74 Å². The van der Waals surface area contributed by atoms with Gasteiger partial charge in [-0.15, -0.1) is 0 Å². The van der Waals surface area contributed by atoms with Crippen LogP contribution in [0.4, 0.5) is 4.79 Å². The van der Waals surface area contributed by atoms with Crippen LogP contribution in [0.1, 0.15) is 25.7 Å². The third-order valence-electron chi connectivity index (χ3n) is 3.93. The molecule has 2 aliphatic rings. The third-order valence-corrected chi connectivity index (χ3v) is 5.44. The first-order valence-corrected chi connectivity index (χ1v) is 8.91. The Morgan fingerprint density at radius 3 is 2.95 bits per heavy atom. The molecule has 2 amide bonds. The molecule has 0 spiro atoms. The van der Waals surface area contributed by atoms with Crippen molar-refractivity contribution in [2.45, 2.75) is 43.0 Å². The maximum absolute atomic E-state index is 11.3. The smallest absolute Gasteiger partial charge is 0.315 e. The van der Waals surface area contributed by atoms with Gasteiger partial charge >= 0.3 is 6.03 Å². The van der Waals surface area contributed by atoms with E-state index >= 15 is 0 Å². The second-order valence-corrected chi connectivity index (χ2v) is 6.81. The van der Waals surface area contributed by atoms with E-state index in [1.165, 1.54) is 19.3 Å². The standard InChI is InChI=1S/C14H26N3O3S/c18-7-9-20-8-6-15-5-3-1-2-4-12-13-11(10-21-12)16-14(19)17-13/h11-13,15H,1-10H2,(H2,16,17,19)/t11-,12-,13-/m0/s1. The minimum atomic E-state index is -0.156. The fourth-order valence-electron chi connectivity index (χ4n) is 2.85. The predicted molar refractivity (Wildman–Crippen MR) is 83.2 cm³/mol. The maximum atomic E-state index is 11.3. The highest BCUT2D eigenvalue weighted by atomic mass is 32.2. The highest BCUT2D eigenvalue weighted by Crippen LogP contribution is 2.33. The zero-order valence-corrected chi connectivity index (χ0v) is 13.3. The number of nitrogens with one attached hydrogen (secondary N) is 3. The van der Waals surface area contributed by atoms with Gasteiger partial charge in [0.2, 0.25) is 0 Å². The molecule has 0 bridgehead atoms. The van der Waals surface area contributed by atoms with Crippen LogP contribution >= 0.6 is 11.8 Å². The minimum Gasteiger partial charge on any atom is -0.378 e. The summed E-state index contributed by atoms with van der Waals surface area (Å²) >= 11 is 1.98. The van der Waals surface area contributed by atoms with E-state index in [0.29, 0.717) is 30.5 Å². The number of hydrogen-bond acceptors (Lipinski definition) is 4. The summed E-state index contributed by atoms with van der Waals surface area (Å²) in [6.45, 7) is 2.60. The van der Waals surface area contributed by atoms with Crippen LogP contribution in [-0.2, 0) is 9.84 Å². The number of thioether (sulfide) groups is 1. The first-order chi connectivity index (χ1) is 10.3. The fourth-order valence-corrected chi connectivity index (χ4v) is 4.39. The van der Waals surface area contributed by atoms with Crippen LogP contribution in [0.25, 0.3) is 0 Å². The molecule has 0 aromatic carbocycles. The van der Waals surface area contributed by atoms with Crippen LogP contribution in [0.3, 0.4) is 0 Å². The molecule has 0 unspecified atom stereocenters. The Kier molecular flexibility index (Phi) is 7.63. The van der Waals surface area contributed by atoms with Crippen molar-refractivity contribution in [1.82, 2.24) is 16.0 Å². The largest absolute Gasteiger partial charge is 0.378 e. The van der Waals surface area contributed by atoms with Crippen molar-refractivity contribution in [1.29, 1.82) is 0 Å². The lowest BCUT2D eigenvalue weighted by atomic mass is 10.0. The van der Waals surface area contributed by atoms with Crippen LogP contribution in [0.15, 0.2) is 0 Å². The molecule has 0 aliphatic carbocycles. The average molecular weight is 316 g/mol. The molecule has 0 aromatic rings. The van der Waals surface area contributed by atoms with Crippen molar-refractivity contribution in [3.8, 4) is 0 Å². The lowest BCUT2D eigenvalue weighted by Crippen LogP contribution is -2.36. The van der Waals surface area contributed by atoms with Gasteiger partial charge in [-0.05, 0) is 19.4 Å². The molecular weight excluding hydrogens is 290 g/mol. The van der Waals surface area contributed by atoms with Gasteiger partial charge < -0.3 is 20.7 Å². The van der Waals surface area contributed by atoms with Crippen LogP contribution < -0.4 is 16.0 Å². The Balaban J connectivity index is 1.41. The number of urea groups is 1. The number of carbonyl (C=O) groups excluding carboxylic acids is 1. The molecular formula is C14H26N3O3S. The molecule has 0 saturated carbocycles. The highest BCUT2D eigenvalue weighted by molar-refractivity contribution is 8.00. The molecule has 2 aliphatic heterocycles. The van der Waals surface area contributed by atoms with E-state index in [1.54, 1.807) is 0 Å². The summed E-state index contributed by atoms with van der Waals surface area (Å²) in [6.07, 6.45) is 4.77. The Hall–Kier alpha value is -0.500. The van der Waals surface area contributed by atoms with E-state index in [1.807, 2.05) is 11.8 Å². The number of rotatable bonds is 11. The maximum Gasteiger partial charge on any atom is 0.315 e. The summed E-state index contributed by atoms with van der Waals surface area (Å²) in [7, 11) is 0. The lowest BCUT2D eigenvalue weighted by molar-refractivity contribution is 0.0652. The Morgan fingerprint density at radius 2 is 2.10 bits per heavy atom. The van der Waals surface area contributed by atoms with Crippen LogP contribution in [0.5, 0.6) is 0 Å². The summed E-state index contributed by atoms with van der Waals surface area (Å²) in [4.78, 5) is 11.3. The monoisotopic (exact) mass is 316 g/mol. The number of ether oxygens (including phenoxy) is 1. The van der Waals surface area contributed by atoms with Gasteiger partial charge in [-0.3, -0.25) is 0 Å². The molecule has 3 atom stereocenters. The molecule has 6 nitrogen and oxygen atoms in total. The first-order valence-electron chi connectivity index (χ1n) is 7.86. The van der Waals surface area contributed by atoms with E-state index in [9.17, 15) is 9.90 Å². The second-order valence-electron chi connectivity index (χ2n) is 5.54. The number of hydrogen-bond donors (Lipinski definition) is 3. The highest BCUT2D eigenvalue weighted by Gasteiger charge is 2.42.